The molecule has 0 fully saturated rings. The Bertz CT molecular complexity index is 779. The summed E-state index contributed by atoms with van der Waals surface area (Å²) in [6, 6.07) is 4.59. The first-order chi connectivity index (χ1) is 12.0. The largest absolute Gasteiger partial charge is 0.481 e. The molecule has 9 nitrogen and oxygen atoms in total. The summed E-state index contributed by atoms with van der Waals surface area (Å²) in [5.74, 6) is 0.648. The third-order valence-electron chi connectivity index (χ3n) is 3.20. The molecule has 2 heterocycles. The van der Waals surface area contributed by atoms with E-state index in [2.05, 4.69) is 20.6 Å². The Hall–Kier alpha value is -3.36. The lowest BCUT2D eigenvalue weighted by Crippen LogP contribution is -2.29. The van der Waals surface area contributed by atoms with Crippen molar-refractivity contribution in [3.05, 3.63) is 41.7 Å². The van der Waals surface area contributed by atoms with Crippen molar-refractivity contribution in [2.45, 2.75) is 13.5 Å². The summed E-state index contributed by atoms with van der Waals surface area (Å²) in [5.41, 5.74) is 7.23. The average Bonchev–Trinajstić information content (AvgIpc) is 2.61. The van der Waals surface area contributed by atoms with Crippen LogP contribution in [0, 0.1) is 5.41 Å². The quantitative estimate of drug-likeness (QED) is 0.467. The van der Waals surface area contributed by atoms with Crippen molar-refractivity contribution < 1.29 is 18.5 Å². The van der Waals surface area contributed by atoms with Gasteiger partial charge in [-0.25, -0.2) is 14.8 Å². The van der Waals surface area contributed by atoms with Crippen molar-refractivity contribution in [2.75, 3.05) is 24.8 Å². The maximum atomic E-state index is 12.0. The number of ether oxygens (including phenoxy) is 2. The van der Waals surface area contributed by atoms with Crippen molar-refractivity contribution >= 4 is 23.4 Å². The summed E-state index contributed by atoms with van der Waals surface area (Å²) >= 11 is 0. The fourth-order valence-electron chi connectivity index (χ4n) is 2.00. The van der Waals surface area contributed by atoms with Crippen LogP contribution in [0.4, 0.5) is 16.3 Å². The van der Waals surface area contributed by atoms with Gasteiger partial charge in [-0.3, -0.25) is 10.7 Å². The standard InChI is InChI=1S/C16H20N6O3.3H2/c1-3-25-15-10(5-4-6-19-15)8-21-16(23)22-13-7-12(17)11(9-20-13)14(18)24-2;;;/h4-7,9,18H,3,8H2,1-2H3,(H4,17,20,21,22,23);3*1H. The predicted octanol–water partition coefficient (Wildman–Crippen LogP) is 2.49. The molecule has 0 aromatic carbocycles. The molecule has 0 aliphatic rings. The van der Waals surface area contributed by atoms with E-state index in [9.17, 15) is 4.79 Å². The summed E-state index contributed by atoms with van der Waals surface area (Å²) in [7, 11) is 1.37. The summed E-state index contributed by atoms with van der Waals surface area (Å²) in [5, 5.41) is 12.9. The number of nitrogens with zero attached hydrogens (tertiary/aromatic N) is 2. The Balaban J connectivity index is 0. The molecule has 2 aromatic rings. The first-order valence-electron chi connectivity index (χ1n) is 7.55. The lowest BCUT2D eigenvalue weighted by Gasteiger charge is -2.11. The zero-order valence-electron chi connectivity index (χ0n) is 14.0. The fourth-order valence-corrected chi connectivity index (χ4v) is 2.00. The van der Waals surface area contributed by atoms with Crippen LogP contribution in [-0.2, 0) is 11.3 Å². The molecule has 5 N–H and O–H groups in total. The number of methoxy groups -OCH3 is 1. The number of carbonyl (C=O) groups is 1. The van der Waals surface area contributed by atoms with E-state index in [0.717, 1.165) is 5.56 Å². The maximum absolute atomic E-state index is 12.0. The number of rotatable bonds is 6. The van der Waals surface area contributed by atoms with Crippen molar-refractivity contribution in [3.63, 3.8) is 0 Å². The van der Waals surface area contributed by atoms with E-state index in [-0.39, 0.29) is 28.2 Å². The van der Waals surface area contributed by atoms with Gasteiger partial charge in [0.25, 0.3) is 0 Å². The Labute approximate surface area is 149 Å². The van der Waals surface area contributed by atoms with Gasteiger partial charge in [-0.15, -0.1) is 0 Å². The molecule has 25 heavy (non-hydrogen) atoms. The van der Waals surface area contributed by atoms with Crippen LogP contribution in [0.3, 0.4) is 0 Å². The van der Waals surface area contributed by atoms with Crippen molar-refractivity contribution in [1.29, 1.82) is 5.41 Å². The topological polar surface area (TPSA) is 135 Å². The van der Waals surface area contributed by atoms with E-state index in [0.29, 0.717) is 18.1 Å². The van der Waals surface area contributed by atoms with Crippen LogP contribution in [0.25, 0.3) is 0 Å². The molecule has 9 heteroatoms. The van der Waals surface area contributed by atoms with Crippen LogP contribution < -0.4 is 21.1 Å². The first kappa shape index (κ1) is 18.0. The van der Waals surface area contributed by atoms with Gasteiger partial charge in [-0.1, -0.05) is 6.07 Å². The SMILES string of the molecule is CCOc1ncccc1CNC(=O)Nc1cc(N)c(C(=N)OC)cn1.[HH].[HH].[HH]. The second-order valence-electron chi connectivity index (χ2n) is 4.90. The van der Waals surface area contributed by atoms with Gasteiger partial charge in [0.05, 0.1) is 19.3 Å². The van der Waals surface area contributed by atoms with Crippen molar-refractivity contribution in [1.82, 2.24) is 15.3 Å². The Morgan fingerprint density at radius 1 is 1.44 bits per heavy atom. The van der Waals surface area contributed by atoms with Crippen molar-refractivity contribution in [3.8, 4) is 5.88 Å². The Kier molecular flexibility index (Phi) is 6.10. The number of hydrogen-bond acceptors (Lipinski definition) is 7. The Morgan fingerprint density at radius 3 is 2.92 bits per heavy atom. The summed E-state index contributed by atoms with van der Waals surface area (Å²) in [4.78, 5) is 20.2. The fraction of sp³-hybridized carbons (Fsp3) is 0.250. The van der Waals surface area contributed by atoms with Crippen LogP contribution in [0.5, 0.6) is 5.88 Å². The number of aromatic nitrogens is 2. The van der Waals surface area contributed by atoms with Gasteiger partial charge in [0.1, 0.15) is 5.82 Å². The van der Waals surface area contributed by atoms with Crippen LogP contribution in [-0.4, -0.2) is 35.6 Å². The molecule has 0 atom stereocenters. The molecule has 0 bridgehead atoms. The number of anilines is 2. The van der Waals surface area contributed by atoms with Crippen molar-refractivity contribution in [2.24, 2.45) is 0 Å². The molecule has 0 unspecified atom stereocenters. The van der Waals surface area contributed by atoms with E-state index >= 15 is 0 Å². The van der Waals surface area contributed by atoms with Gasteiger partial charge in [-0.05, 0) is 13.0 Å². The number of nitrogens with two attached hydrogens (primary N) is 1. The number of hydrogen-bond donors (Lipinski definition) is 4. The molecule has 2 rings (SSSR count). The number of nitrogens with one attached hydrogen (secondary N) is 3. The molecule has 0 saturated heterocycles. The van der Waals surface area contributed by atoms with E-state index in [1.807, 2.05) is 13.0 Å². The summed E-state index contributed by atoms with van der Waals surface area (Å²) < 4.78 is 10.2. The van der Waals surface area contributed by atoms with Gasteiger partial charge in [0.2, 0.25) is 11.8 Å². The second kappa shape index (κ2) is 8.48. The molecule has 2 amide bonds. The van der Waals surface area contributed by atoms with Gasteiger partial charge in [0.15, 0.2) is 0 Å². The van der Waals surface area contributed by atoms with Gasteiger partial charge in [0, 0.05) is 40.5 Å². The molecule has 0 aliphatic heterocycles. The number of pyridine rings is 2. The normalized spacial score (nSPS) is 10.0. The molecule has 0 radical (unpaired) electrons. The van der Waals surface area contributed by atoms with Gasteiger partial charge >= 0.3 is 6.03 Å². The third kappa shape index (κ3) is 4.80. The van der Waals surface area contributed by atoms with E-state index in [4.69, 9.17) is 20.6 Å². The lowest BCUT2D eigenvalue weighted by atomic mass is 10.2. The summed E-state index contributed by atoms with van der Waals surface area (Å²) in [6.45, 7) is 2.60. The average molecular weight is 350 g/mol. The molecule has 0 saturated carbocycles. The molecule has 2 aromatic heterocycles. The van der Waals surface area contributed by atoms with E-state index in [1.165, 1.54) is 19.4 Å². The minimum Gasteiger partial charge on any atom is -0.481 e. The molecular formula is C16H26N6O3. The third-order valence-corrected chi connectivity index (χ3v) is 3.20. The van der Waals surface area contributed by atoms with Crippen LogP contribution >= 0.6 is 0 Å². The number of urea groups is 1. The second-order valence-corrected chi connectivity index (χ2v) is 4.90. The molecule has 0 spiro atoms. The van der Waals surface area contributed by atoms with Gasteiger partial charge in [-0.2, -0.15) is 0 Å². The molecular weight excluding hydrogens is 324 g/mol. The van der Waals surface area contributed by atoms with Gasteiger partial charge < -0.3 is 20.5 Å². The number of carbonyl (C=O) groups excluding carboxylic acids is 1. The lowest BCUT2D eigenvalue weighted by molar-refractivity contribution is 0.251. The number of nitrogen functional groups attached to an aromatic ring is 1. The minimum atomic E-state index is -0.451. The zero-order valence-corrected chi connectivity index (χ0v) is 14.0. The monoisotopic (exact) mass is 350 g/mol. The van der Waals surface area contributed by atoms with E-state index in [1.54, 1.807) is 12.3 Å². The summed E-state index contributed by atoms with van der Waals surface area (Å²) in [6.07, 6.45) is 2.99. The first-order valence-corrected chi connectivity index (χ1v) is 7.55. The molecule has 138 valence electrons. The highest BCUT2D eigenvalue weighted by Gasteiger charge is 2.11. The molecule has 0 aliphatic carbocycles. The maximum Gasteiger partial charge on any atom is 0.320 e. The highest BCUT2D eigenvalue weighted by atomic mass is 16.5. The predicted molar refractivity (Wildman–Crippen MR) is 100 cm³/mol. The van der Waals surface area contributed by atoms with Crippen LogP contribution in [0.1, 0.15) is 22.3 Å². The highest BCUT2D eigenvalue weighted by molar-refractivity contribution is 5.97. The van der Waals surface area contributed by atoms with E-state index < -0.39 is 6.03 Å². The van der Waals surface area contributed by atoms with Crippen LogP contribution in [0.2, 0.25) is 0 Å². The minimum absolute atomic E-state index is 0. The smallest absolute Gasteiger partial charge is 0.320 e. The van der Waals surface area contributed by atoms with Crippen LogP contribution in [0.15, 0.2) is 30.6 Å². The zero-order chi connectivity index (χ0) is 18.2. The number of amides is 2. The highest BCUT2D eigenvalue weighted by Crippen LogP contribution is 2.16. The Morgan fingerprint density at radius 2 is 2.24 bits per heavy atom.